The summed E-state index contributed by atoms with van der Waals surface area (Å²) >= 11 is 0. The number of hydrogen-bond acceptors (Lipinski definition) is 1. The maximum absolute atomic E-state index is 5.34. The second-order valence-electron chi connectivity index (χ2n) is 14.2. The Kier molecular flexibility index (Phi) is 7.45. The van der Waals surface area contributed by atoms with Crippen molar-refractivity contribution in [2.45, 2.75) is 12.3 Å². The van der Waals surface area contributed by atoms with E-state index < -0.39 is 5.41 Å². The van der Waals surface area contributed by atoms with Gasteiger partial charge < -0.3 is 0 Å². The van der Waals surface area contributed by atoms with E-state index in [1.165, 1.54) is 55.5 Å². The van der Waals surface area contributed by atoms with Crippen LogP contribution in [0.4, 0.5) is 0 Å². The highest BCUT2D eigenvalue weighted by molar-refractivity contribution is 6.14. The number of fused-ring (bicyclic) bond motifs is 11. The number of nitrogens with zero attached hydrogens (tertiary/aromatic N) is 2. The van der Waals surface area contributed by atoms with Crippen LogP contribution < -0.4 is 0 Å². The van der Waals surface area contributed by atoms with E-state index in [-0.39, 0.29) is 0 Å². The Morgan fingerprint density at radius 1 is 0.407 bits per heavy atom. The Morgan fingerprint density at radius 2 is 0.907 bits per heavy atom. The van der Waals surface area contributed by atoms with Crippen LogP contribution in [-0.4, -0.2) is 11.5 Å². The quantitative estimate of drug-likeness (QED) is 0.127. The van der Waals surface area contributed by atoms with Crippen LogP contribution in [0.2, 0.25) is 0 Å². The van der Waals surface area contributed by atoms with E-state index in [1.807, 2.05) is 6.07 Å². The molecule has 2 aliphatic carbocycles. The van der Waals surface area contributed by atoms with Crippen LogP contribution >= 0.6 is 0 Å². The highest BCUT2D eigenvalue weighted by Crippen LogP contribution is 2.62. The van der Waals surface area contributed by atoms with Gasteiger partial charge in [0.2, 0.25) is 0 Å². The highest BCUT2D eigenvalue weighted by Gasteiger charge is 2.51. The molecule has 0 amide bonds. The largest absolute Gasteiger partial charge is 0.233 e. The number of benzene rings is 8. The first-order valence-electron chi connectivity index (χ1n) is 18.5. The van der Waals surface area contributed by atoms with Crippen molar-refractivity contribution in [1.29, 1.82) is 0 Å². The van der Waals surface area contributed by atoms with Gasteiger partial charge in [-0.2, -0.15) is 0 Å². The average molecular weight is 689 g/mol. The molecule has 8 aromatic carbocycles. The Labute approximate surface area is 316 Å². The van der Waals surface area contributed by atoms with E-state index >= 15 is 0 Å². The summed E-state index contributed by atoms with van der Waals surface area (Å²) < 4.78 is 0. The first-order chi connectivity index (χ1) is 26.6. The molecule has 0 unspecified atom stereocenters. The lowest BCUT2D eigenvalue weighted by Gasteiger charge is -2.30. The molecule has 2 nitrogen and oxygen atoms in total. The van der Waals surface area contributed by atoms with Gasteiger partial charge in [-0.3, -0.25) is 0 Å². The molecule has 0 aromatic heterocycles. The molecule has 0 saturated heterocycles. The summed E-state index contributed by atoms with van der Waals surface area (Å²) in [5.74, 6) is 0.630. The van der Waals surface area contributed by atoms with Crippen LogP contribution in [0.1, 0.15) is 45.9 Å². The monoisotopic (exact) mass is 688 g/mol. The van der Waals surface area contributed by atoms with Crippen molar-refractivity contribution in [3.8, 4) is 33.4 Å². The first kappa shape index (κ1) is 31.8. The van der Waals surface area contributed by atoms with Crippen molar-refractivity contribution in [1.82, 2.24) is 0 Å². The lowest BCUT2D eigenvalue weighted by Crippen LogP contribution is -2.26. The topological polar surface area (TPSA) is 24.7 Å². The smallest absolute Gasteiger partial charge is 0.160 e. The van der Waals surface area contributed by atoms with Gasteiger partial charge in [-0.25, -0.2) is 9.98 Å². The maximum atomic E-state index is 5.34. The minimum Gasteiger partial charge on any atom is -0.233 e. The van der Waals surface area contributed by atoms with E-state index in [0.29, 0.717) is 11.5 Å². The average Bonchev–Trinajstić information content (AvgIpc) is 3.71. The van der Waals surface area contributed by atoms with Gasteiger partial charge in [-0.1, -0.05) is 183 Å². The number of aliphatic imine (C=N–C) groups is 2. The molecular formula is C52H36N2. The Balaban J connectivity index is 1.11. The molecule has 0 fully saturated rings. The number of rotatable bonds is 5. The molecule has 0 N–H and O–H groups in total. The van der Waals surface area contributed by atoms with Gasteiger partial charge >= 0.3 is 0 Å². The minimum atomic E-state index is -0.412. The summed E-state index contributed by atoms with van der Waals surface area (Å²) in [5.41, 5.74) is 16.9. The van der Waals surface area contributed by atoms with Crippen molar-refractivity contribution < 1.29 is 0 Å². The van der Waals surface area contributed by atoms with Crippen molar-refractivity contribution in [3.63, 3.8) is 0 Å². The van der Waals surface area contributed by atoms with Crippen molar-refractivity contribution >= 4 is 28.0 Å². The molecule has 2 heteroatoms. The number of amidine groups is 1. The van der Waals surface area contributed by atoms with E-state index in [9.17, 15) is 0 Å². The molecule has 10 rings (SSSR count). The van der Waals surface area contributed by atoms with Crippen LogP contribution in [-0.2, 0) is 5.41 Å². The van der Waals surface area contributed by atoms with Gasteiger partial charge in [0.05, 0.1) is 11.1 Å². The fourth-order valence-corrected chi connectivity index (χ4v) is 8.70. The van der Waals surface area contributed by atoms with E-state index in [4.69, 9.17) is 9.98 Å². The van der Waals surface area contributed by atoms with E-state index in [0.717, 1.165) is 33.4 Å². The summed E-state index contributed by atoms with van der Waals surface area (Å²) in [6, 6.07) is 67.4. The Hall–Kier alpha value is -6.90. The first-order valence-corrected chi connectivity index (χ1v) is 18.5. The molecule has 0 atom stereocenters. The fourth-order valence-electron chi connectivity index (χ4n) is 8.70. The molecule has 254 valence electrons. The molecule has 0 radical (unpaired) electrons. The van der Waals surface area contributed by atoms with Gasteiger partial charge in [0.1, 0.15) is 0 Å². The zero-order valence-electron chi connectivity index (χ0n) is 30.0. The lowest BCUT2D eigenvalue weighted by molar-refractivity contribution is 0.793. The second-order valence-corrected chi connectivity index (χ2v) is 14.2. The van der Waals surface area contributed by atoms with Crippen LogP contribution in [0.25, 0.3) is 49.9 Å². The van der Waals surface area contributed by atoms with Gasteiger partial charge in [0.15, 0.2) is 5.84 Å². The normalized spacial score (nSPS) is 13.7. The zero-order chi connectivity index (χ0) is 36.2. The van der Waals surface area contributed by atoms with Crippen LogP contribution in [0, 0.1) is 0 Å². The summed E-state index contributed by atoms with van der Waals surface area (Å²) in [6.07, 6.45) is 0. The van der Waals surface area contributed by atoms with E-state index in [2.05, 4.69) is 195 Å². The third-order valence-corrected chi connectivity index (χ3v) is 11.3. The summed E-state index contributed by atoms with van der Waals surface area (Å²) in [6.45, 7) is 6.54. The van der Waals surface area contributed by atoms with Crippen LogP contribution in [0.5, 0.6) is 0 Å². The Bertz CT molecular complexity index is 2780. The molecule has 54 heavy (non-hydrogen) atoms. The lowest BCUT2D eigenvalue weighted by atomic mass is 9.70. The van der Waals surface area contributed by atoms with E-state index in [1.54, 1.807) is 0 Å². The molecule has 0 aliphatic heterocycles. The van der Waals surface area contributed by atoms with Crippen molar-refractivity contribution in [3.05, 3.63) is 234 Å². The van der Waals surface area contributed by atoms with Crippen LogP contribution in [0.15, 0.2) is 205 Å². The maximum Gasteiger partial charge on any atom is 0.160 e. The molecular weight excluding hydrogens is 653 g/mol. The molecule has 0 heterocycles. The zero-order valence-corrected chi connectivity index (χ0v) is 30.0. The van der Waals surface area contributed by atoms with Gasteiger partial charge in [0, 0.05) is 11.3 Å². The third kappa shape index (κ3) is 4.95. The SMILES string of the molecule is C=C(N=C(N=C(C)c1ccc2c(c1)C1(c3ccccc3-c3ccccc31)c1ccccc1-2)c1ccc2ccccc2c1)c1ccc(-c2ccccc2)cc1. The standard InChI is InChI=1S/C52H36N2/c1-34(36-24-26-39(27-25-36)37-14-4-3-5-15-37)53-51(42-29-28-38-16-6-7-17-41(38)32-42)54-35(2)40-30-31-46-45-20-10-13-23-49(45)52(50(46)33-40)47-21-11-8-18-43(47)44-19-9-12-22-48(44)52/h3-33H,1H2,2H3. The third-order valence-electron chi connectivity index (χ3n) is 11.3. The van der Waals surface area contributed by atoms with Gasteiger partial charge in [-0.15, -0.1) is 0 Å². The van der Waals surface area contributed by atoms with Gasteiger partial charge in [0.25, 0.3) is 0 Å². The second kappa shape index (κ2) is 12.6. The number of hydrogen-bond donors (Lipinski definition) is 0. The van der Waals surface area contributed by atoms with Crippen LogP contribution in [0.3, 0.4) is 0 Å². The Morgan fingerprint density at radius 3 is 1.56 bits per heavy atom. The predicted octanol–water partition coefficient (Wildman–Crippen LogP) is 12.8. The summed E-state index contributed by atoms with van der Waals surface area (Å²) in [7, 11) is 0. The highest BCUT2D eigenvalue weighted by atomic mass is 14.9. The molecule has 2 aliphatic rings. The van der Waals surface area contributed by atoms with Gasteiger partial charge in [-0.05, 0) is 96.6 Å². The van der Waals surface area contributed by atoms with Crippen molar-refractivity contribution in [2.24, 2.45) is 9.98 Å². The fraction of sp³-hybridized carbons (Fsp3) is 0.0385. The predicted molar refractivity (Wildman–Crippen MR) is 226 cm³/mol. The van der Waals surface area contributed by atoms with Crippen molar-refractivity contribution in [2.75, 3.05) is 0 Å². The molecule has 1 spiro atoms. The minimum absolute atomic E-state index is 0.412. The molecule has 0 saturated carbocycles. The molecule has 0 bridgehead atoms. The summed E-state index contributed by atoms with van der Waals surface area (Å²) in [5, 5.41) is 2.32. The summed E-state index contributed by atoms with van der Waals surface area (Å²) in [4.78, 5) is 10.5. The molecule has 8 aromatic rings.